The monoisotopic (exact) mass is 416 g/mol. The molecule has 2 aromatic heterocycles. The van der Waals surface area contributed by atoms with Crippen LogP contribution in [0.5, 0.6) is 0 Å². The summed E-state index contributed by atoms with van der Waals surface area (Å²) < 4.78 is 8.21. The van der Waals surface area contributed by atoms with Crippen molar-refractivity contribution < 1.29 is 9.21 Å². The van der Waals surface area contributed by atoms with Crippen LogP contribution in [0.1, 0.15) is 54.0 Å². The first kappa shape index (κ1) is 19.3. The molecule has 0 radical (unpaired) electrons. The second kappa shape index (κ2) is 8.53. The lowest BCUT2D eigenvalue weighted by atomic mass is 10.0. The van der Waals surface area contributed by atoms with E-state index in [1.807, 2.05) is 43.1 Å². The van der Waals surface area contributed by atoms with E-state index in [-0.39, 0.29) is 12.5 Å². The minimum atomic E-state index is -0.218. The number of hydrogen-bond donors (Lipinski definition) is 2. The van der Waals surface area contributed by atoms with E-state index in [9.17, 15) is 4.79 Å². The molecule has 2 heterocycles. The average molecular weight is 417 g/mol. The number of fused-ring (bicyclic) bond motifs is 1. The van der Waals surface area contributed by atoms with Gasteiger partial charge in [-0.1, -0.05) is 37.5 Å². The van der Waals surface area contributed by atoms with Gasteiger partial charge in [-0.25, -0.2) is 0 Å². The number of aromatic amines is 1. The van der Waals surface area contributed by atoms with Crippen LogP contribution in [0.4, 0.5) is 0 Å². The number of nitrogens with zero attached hydrogens (tertiary/aromatic N) is 2. The zero-order valence-electron chi connectivity index (χ0n) is 15.9. The van der Waals surface area contributed by atoms with Crippen LogP contribution < -0.4 is 5.32 Å². The summed E-state index contributed by atoms with van der Waals surface area (Å²) in [7, 11) is 1.82. The molecule has 0 unspecified atom stereocenters. The number of amides is 1. The smallest absolute Gasteiger partial charge is 0.287 e. The van der Waals surface area contributed by atoms with Gasteiger partial charge in [-0.3, -0.25) is 9.89 Å². The number of nitrogens with one attached hydrogen (secondary N) is 2. The van der Waals surface area contributed by atoms with Gasteiger partial charge in [-0.15, -0.1) is 0 Å². The standard InChI is InChI=1S/C20H24N4O2S2/c1-24-17(22-23-20(24)27)11-21-19(25)18-15(12-28-13-7-3-2-4-8-13)14-9-5-6-10-16(14)26-18/h5-6,9-10,13H,2-4,7-8,11-12H2,1H3,(H,21,25)(H,23,27). The summed E-state index contributed by atoms with van der Waals surface area (Å²) in [5.41, 5.74) is 1.74. The predicted octanol–water partition coefficient (Wildman–Crippen LogP) is 4.72. The fraction of sp³-hybridized carbons (Fsp3) is 0.450. The van der Waals surface area contributed by atoms with Gasteiger partial charge in [-0.2, -0.15) is 16.9 Å². The van der Waals surface area contributed by atoms with Crippen molar-refractivity contribution in [1.29, 1.82) is 0 Å². The van der Waals surface area contributed by atoms with Gasteiger partial charge in [0, 0.05) is 29.0 Å². The number of thioether (sulfide) groups is 1. The Morgan fingerprint density at radius 1 is 1.36 bits per heavy atom. The van der Waals surface area contributed by atoms with Gasteiger partial charge in [0.2, 0.25) is 0 Å². The molecule has 0 saturated heterocycles. The summed E-state index contributed by atoms with van der Waals surface area (Å²) in [6.45, 7) is 0.286. The fourth-order valence-corrected chi connectivity index (χ4v) is 5.14. The Morgan fingerprint density at radius 3 is 2.89 bits per heavy atom. The van der Waals surface area contributed by atoms with Gasteiger partial charge in [-0.05, 0) is 31.1 Å². The molecule has 1 saturated carbocycles. The lowest BCUT2D eigenvalue weighted by Gasteiger charge is -2.20. The van der Waals surface area contributed by atoms with Crippen LogP contribution in [0.2, 0.25) is 0 Å². The van der Waals surface area contributed by atoms with E-state index in [0.717, 1.165) is 22.3 Å². The number of carbonyl (C=O) groups is 1. The van der Waals surface area contributed by atoms with Crippen LogP contribution in [-0.2, 0) is 19.3 Å². The normalized spacial score (nSPS) is 15.2. The van der Waals surface area contributed by atoms with Crippen LogP contribution in [0.25, 0.3) is 11.0 Å². The minimum Gasteiger partial charge on any atom is -0.451 e. The number of hydrogen-bond acceptors (Lipinski definition) is 5. The van der Waals surface area contributed by atoms with E-state index >= 15 is 0 Å². The van der Waals surface area contributed by atoms with E-state index in [1.165, 1.54) is 32.1 Å². The first-order chi connectivity index (χ1) is 13.6. The SMILES string of the molecule is Cn1c(CNC(=O)c2oc3ccccc3c2CSC2CCCCC2)n[nH]c1=S. The summed E-state index contributed by atoms with van der Waals surface area (Å²) >= 11 is 7.07. The van der Waals surface area contributed by atoms with Gasteiger partial charge in [0.25, 0.3) is 5.91 Å². The summed E-state index contributed by atoms with van der Waals surface area (Å²) in [6, 6.07) is 7.87. The molecular weight excluding hydrogens is 392 g/mol. The van der Waals surface area contributed by atoms with Crippen LogP contribution in [0.15, 0.2) is 28.7 Å². The zero-order chi connectivity index (χ0) is 19.5. The van der Waals surface area contributed by atoms with Crippen molar-refractivity contribution in [2.24, 2.45) is 7.05 Å². The van der Waals surface area contributed by atoms with E-state index < -0.39 is 0 Å². The highest BCUT2D eigenvalue weighted by atomic mass is 32.2. The van der Waals surface area contributed by atoms with Crippen molar-refractivity contribution in [3.05, 3.63) is 46.2 Å². The molecule has 148 valence electrons. The Hall–Kier alpha value is -2.06. The lowest BCUT2D eigenvalue weighted by Crippen LogP contribution is -2.25. The third kappa shape index (κ3) is 4.03. The van der Waals surface area contributed by atoms with E-state index in [1.54, 1.807) is 4.57 Å². The third-order valence-corrected chi connectivity index (χ3v) is 7.06. The van der Waals surface area contributed by atoms with Crippen molar-refractivity contribution in [3.63, 3.8) is 0 Å². The Morgan fingerprint density at radius 2 is 2.14 bits per heavy atom. The van der Waals surface area contributed by atoms with E-state index in [0.29, 0.717) is 21.6 Å². The molecule has 1 amide bonds. The zero-order valence-corrected chi connectivity index (χ0v) is 17.5. The number of benzene rings is 1. The van der Waals surface area contributed by atoms with Gasteiger partial charge >= 0.3 is 0 Å². The van der Waals surface area contributed by atoms with Crippen molar-refractivity contribution in [3.8, 4) is 0 Å². The molecule has 0 bridgehead atoms. The molecular formula is C20H24N4O2S2. The third-order valence-electron chi connectivity index (χ3n) is 5.30. The summed E-state index contributed by atoms with van der Waals surface area (Å²) in [6.07, 6.45) is 6.49. The molecule has 3 aromatic rings. The Bertz CT molecular complexity index is 1030. The molecule has 8 heteroatoms. The quantitative estimate of drug-likeness (QED) is 0.569. The summed E-state index contributed by atoms with van der Waals surface area (Å²) in [5.74, 6) is 1.65. The number of para-hydroxylation sites is 1. The maximum atomic E-state index is 12.9. The second-order valence-corrected chi connectivity index (χ2v) is 8.84. The Balaban J connectivity index is 1.53. The van der Waals surface area contributed by atoms with E-state index in [4.69, 9.17) is 16.6 Å². The molecule has 2 N–H and O–H groups in total. The summed E-state index contributed by atoms with van der Waals surface area (Å²) in [5, 5.41) is 11.5. The minimum absolute atomic E-state index is 0.218. The highest BCUT2D eigenvalue weighted by Gasteiger charge is 2.22. The molecule has 1 fully saturated rings. The molecule has 0 spiro atoms. The lowest BCUT2D eigenvalue weighted by molar-refractivity contribution is 0.0923. The molecule has 1 aliphatic rings. The van der Waals surface area contributed by atoms with Crippen molar-refractivity contribution in [2.45, 2.75) is 49.7 Å². The molecule has 28 heavy (non-hydrogen) atoms. The molecule has 1 aromatic carbocycles. The fourth-order valence-electron chi connectivity index (χ4n) is 3.64. The number of furan rings is 1. The Labute approximate surface area is 173 Å². The number of rotatable bonds is 6. The molecule has 0 aliphatic heterocycles. The summed E-state index contributed by atoms with van der Waals surface area (Å²) in [4.78, 5) is 12.9. The number of aromatic nitrogens is 3. The average Bonchev–Trinajstić information content (AvgIpc) is 3.26. The van der Waals surface area contributed by atoms with Crippen LogP contribution >= 0.6 is 24.0 Å². The first-order valence-corrected chi connectivity index (χ1v) is 11.1. The molecule has 1 aliphatic carbocycles. The van der Waals surface area contributed by atoms with Gasteiger partial charge < -0.3 is 14.3 Å². The van der Waals surface area contributed by atoms with Gasteiger partial charge in [0.15, 0.2) is 16.4 Å². The number of H-pyrrole nitrogens is 1. The van der Waals surface area contributed by atoms with Crippen LogP contribution in [0, 0.1) is 4.77 Å². The highest BCUT2D eigenvalue weighted by molar-refractivity contribution is 7.99. The van der Waals surface area contributed by atoms with Crippen LogP contribution in [-0.4, -0.2) is 25.9 Å². The van der Waals surface area contributed by atoms with Crippen molar-refractivity contribution >= 4 is 40.9 Å². The van der Waals surface area contributed by atoms with E-state index in [2.05, 4.69) is 15.5 Å². The topological polar surface area (TPSA) is 75.8 Å². The largest absolute Gasteiger partial charge is 0.451 e. The maximum Gasteiger partial charge on any atom is 0.287 e. The maximum absolute atomic E-state index is 12.9. The number of carbonyl (C=O) groups excluding carboxylic acids is 1. The second-order valence-electron chi connectivity index (χ2n) is 7.16. The predicted molar refractivity (Wildman–Crippen MR) is 114 cm³/mol. The molecule has 4 rings (SSSR count). The van der Waals surface area contributed by atoms with Gasteiger partial charge in [0.05, 0.1) is 6.54 Å². The van der Waals surface area contributed by atoms with Crippen LogP contribution in [0.3, 0.4) is 0 Å². The first-order valence-electron chi connectivity index (χ1n) is 9.64. The van der Waals surface area contributed by atoms with Gasteiger partial charge in [0.1, 0.15) is 5.58 Å². The van der Waals surface area contributed by atoms with Crippen molar-refractivity contribution in [2.75, 3.05) is 0 Å². The Kier molecular flexibility index (Phi) is 5.87. The highest BCUT2D eigenvalue weighted by Crippen LogP contribution is 2.35. The molecule has 6 nitrogen and oxygen atoms in total. The van der Waals surface area contributed by atoms with Crippen molar-refractivity contribution in [1.82, 2.24) is 20.1 Å². The molecule has 0 atom stereocenters.